The van der Waals surface area contributed by atoms with Gasteiger partial charge in [-0.15, -0.1) is 0 Å². The Bertz CT molecular complexity index is 571. The first-order valence-corrected chi connectivity index (χ1v) is 8.70. The van der Waals surface area contributed by atoms with Crippen molar-refractivity contribution in [3.63, 3.8) is 0 Å². The van der Waals surface area contributed by atoms with E-state index in [4.69, 9.17) is 4.74 Å². The van der Waals surface area contributed by atoms with Gasteiger partial charge in [-0.25, -0.2) is 4.79 Å². The van der Waals surface area contributed by atoms with E-state index in [0.717, 1.165) is 16.5 Å². The first-order valence-electron chi connectivity index (χ1n) is 7.91. The molecule has 0 heterocycles. The Kier molecular flexibility index (Phi) is 8.21. The Morgan fingerprint density at radius 3 is 2.50 bits per heavy atom. The van der Waals surface area contributed by atoms with Crippen LogP contribution in [0.1, 0.15) is 43.1 Å². The monoisotopic (exact) mass is 399 g/mol. The van der Waals surface area contributed by atoms with Crippen LogP contribution in [0.15, 0.2) is 22.7 Å². The number of hydrogen-bond donors (Lipinski definition) is 3. The number of amides is 2. The second-order valence-electron chi connectivity index (χ2n) is 6.42. The van der Waals surface area contributed by atoms with Crippen molar-refractivity contribution < 1.29 is 14.3 Å². The van der Waals surface area contributed by atoms with Crippen LogP contribution in [-0.4, -0.2) is 37.4 Å². The minimum Gasteiger partial charge on any atom is -0.444 e. The normalized spacial score (nSPS) is 11.0. The highest BCUT2D eigenvalue weighted by molar-refractivity contribution is 9.10. The fraction of sp³-hybridized carbons (Fsp3) is 0.529. The zero-order valence-electron chi connectivity index (χ0n) is 14.7. The highest BCUT2D eigenvalue weighted by atomic mass is 79.9. The van der Waals surface area contributed by atoms with Gasteiger partial charge in [0.2, 0.25) is 0 Å². The topological polar surface area (TPSA) is 79.5 Å². The molecule has 1 aromatic rings. The Morgan fingerprint density at radius 1 is 1.17 bits per heavy atom. The molecule has 1 aromatic carbocycles. The van der Waals surface area contributed by atoms with Crippen molar-refractivity contribution in [2.24, 2.45) is 0 Å². The number of benzene rings is 1. The molecule has 0 spiro atoms. The smallest absolute Gasteiger partial charge is 0.407 e. The third-order valence-corrected chi connectivity index (χ3v) is 3.50. The van der Waals surface area contributed by atoms with Crippen LogP contribution in [0.4, 0.5) is 4.79 Å². The molecule has 7 heteroatoms. The molecule has 0 radical (unpaired) electrons. The molecule has 0 aliphatic carbocycles. The maximum Gasteiger partial charge on any atom is 0.407 e. The molecule has 0 aliphatic heterocycles. The highest BCUT2D eigenvalue weighted by Crippen LogP contribution is 2.15. The van der Waals surface area contributed by atoms with E-state index in [1.165, 1.54) is 0 Å². The first-order chi connectivity index (χ1) is 11.2. The van der Waals surface area contributed by atoms with E-state index in [1.54, 1.807) is 6.07 Å². The zero-order valence-corrected chi connectivity index (χ0v) is 16.2. The molecule has 0 unspecified atom stereocenters. The van der Waals surface area contributed by atoms with Gasteiger partial charge in [0.15, 0.2) is 0 Å². The number of alkyl carbamates (subject to hydrolysis) is 1. The number of carbonyl (C=O) groups is 2. The largest absolute Gasteiger partial charge is 0.444 e. The van der Waals surface area contributed by atoms with Gasteiger partial charge in [-0.3, -0.25) is 10.1 Å². The molecule has 134 valence electrons. The van der Waals surface area contributed by atoms with E-state index in [2.05, 4.69) is 31.9 Å². The van der Waals surface area contributed by atoms with Gasteiger partial charge in [-0.1, -0.05) is 15.9 Å². The summed E-state index contributed by atoms with van der Waals surface area (Å²) in [6.45, 7) is 8.94. The van der Waals surface area contributed by atoms with Crippen molar-refractivity contribution in [2.45, 2.75) is 39.7 Å². The predicted octanol–water partition coefficient (Wildman–Crippen LogP) is 2.95. The quantitative estimate of drug-likeness (QED) is 0.486. The Balaban J connectivity index is 2.14. The summed E-state index contributed by atoms with van der Waals surface area (Å²) in [6.07, 6.45) is 0.327. The minimum absolute atomic E-state index is 0.112. The maximum absolute atomic E-state index is 12.0. The number of carbonyl (C=O) groups excluding carboxylic acids is 2. The Hall–Kier alpha value is -1.60. The fourth-order valence-electron chi connectivity index (χ4n) is 1.93. The predicted molar refractivity (Wildman–Crippen MR) is 98.1 cm³/mol. The lowest BCUT2D eigenvalue weighted by atomic mass is 10.1. The SMILES string of the molecule is Cc1cc(Br)ccc1C(=O)NCNCCCNC(=O)OC(C)(C)C. The van der Waals surface area contributed by atoms with E-state index in [9.17, 15) is 9.59 Å². The van der Waals surface area contributed by atoms with Gasteiger partial charge in [0.1, 0.15) is 5.60 Å². The number of nitrogens with one attached hydrogen (secondary N) is 3. The lowest BCUT2D eigenvalue weighted by Gasteiger charge is -2.19. The van der Waals surface area contributed by atoms with Crippen molar-refractivity contribution in [3.05, 3.63) is 33.8 Å². The number of ether oxygens (including phenoxy) is 1. The molecule has 0 fully saturated rings. The van der Waals surface area contributed by atoms with Crippen LogP contribution in [0.25, 0.3) is 0 Å². The highest BCUT2D eigenvalue weighted by Gasteiger charge is 2.15. The van der Waals surface area contributed by atoms with Crippen LogP contribution < -0.4 is 16.0 Å². The van der Waals surface area contributed by atoms with Gasteiger partial charge in [-0.2, -0.15) is 0 Å². The number of halogens is 1. The van der Waals surface area contributed by atoms with Crippen molar-refractivity contribution in [1.29, 1.82) is 0 Å². The lowest BCUT2D eigenvalue weighted by molar-refractivity contribution is 0.0527. The molecule has 3 N–H and O–H groups in total. The van der Waals surface area contributed by atoms with Crippen LogP contribution in [0.3, 0.4) is 0 Å². The molecule has 0 aromatic heterocycles. The Morgan fingerprint density at radius 2 is 1.88 bits per heavy atom. The van der Waals surface area contributed by atoms with Crippen molar-refractivity contribution in [1.82, 2.24) is 16.0 Å². The summed E-state index contributed by atoms with van der Waals surface area (Å²) in [5.74, 6) is -0.112. The summed E-state index contributed by atoms with van der Waals surface area (Å²) in [4.78, 5) is 23.5. The standard InChI is InChI=1S/C17H26BrN3O3/c1-12-10-13(18)6-7-14(12)15(22)21-11-19-8-5-9-20-16(23)24-17(2,3)4/h6-7,10,19H,5,8-9,11H2,1-4H3,(H,20,23)(H,21,22). The van der Waals surface area contributed by atoms with E-state index in [0.29, 0.717) is 25.3 Å². The molecule has 0 atom stereocenters. The lowest BCUT2D eigenvalue weighted by Crippen LogP contribution is -2.36. The number of rotatable bonds is 7. The molecule has 2 amide bonds. The molecule has 0 bridgehead atoms. The summed E-state index contributed by atoms with van der Waals surface area (Å²) in [6, 6.07) is 5.54. The van der Waals surface area contributed by atoms with Gasteiger partial charge in [0.05, 0.1) is 6.67 Å². The van der Waals surface area contributed by atoms with Crippen molar-refractivity contribution in [3.8, 4) is 0 Å². The third-order valence-electron chi connectivity index (χ3n) is 3.01. The molecular weight excluding hydrogens is 374 g/mol. The fourth-order valence-corrected chi connectivity index (χ4v) is 2.40. The minimum atomic E-state index is -0.488. The molecule has 6 nitrogen and oxygen atoms in total. The van der Waals surface area contributed by atoms with Crippen LogP contribution in [0.5, 0.6) is 0 Å². The van der Waals surface area contributed by atoms with E-state index < -0.39 is 11.7 Å². The zero-order chi connectivity index (χ0) is 18.2. The number of aryl methyl sites for hydroxylation is 1. The first kappa shape index (κ1) is 20.4. The second kappa shape index (κ2) is 9.64. The summed E-state index contributed by atoms with van der Waals surface area (Å²) in [5, 5.41) is 8.60. The van der Waals surface area contributed by atoms with E-state index in [1.807, 2.05) is 39.8 Å². The number of hydrogen-bond acceptors (Lipinski definition) is 4. The maximum atomic E-state index is 12.0. The van der Waals surface area contributed by atoms with Crippen molar-refractivity contribution in [2.75, 3.05) is 19.8 Å². The van der Waals surface area contributed by atoms with Gasteiger partial charge in [0, 0.05) is 16.6 Å². The van der Waals surface area contributed by atoms with E-state index in [-0.39, 0.29) is 5.91 Å². The van der Waals surface area contributed by atoms with E-state index >= 15 is 0 Å². The van der Waals surface area contributed by atoms with Crippen LogP contribution in [0.2, 0.25) is 0 Å². The molecule has 24 heavy (non-hydrogen) atoms. The molecule has 0 saturated carbocycles. The van der Waals surface area contributed by atoms with Gasteiger partial charge in [-0.05, 0) is 64.4 Å². The van der Waals surface area contributed by atoms with Gasteiger partial charge >= 0.3 is 6.09 Å². The third kappa shape index (κ3) is 8.31. The molecule has 1 rings (SSSR count). The van der Waals surface area contributed by atoms with Crippen LogP contribution >= 0.6 is 15.9 Å². The summed E-state index contributed by atoms with van der Waals surface area (Å²) < 4.78 is 6.09. The summed E-state index contributed by atoms with van der Waals surface area (Å²) >= 11 is 3.38. The summed E-state index contributed by atoms with van der Waals surface area (Å²) in [5.41, 5.74) is 1.09. The average molecular weight is 400 g/mol. The van der Waals surface area contributed by atoms with Crippen molar-refractivity contribution >= 4 is 27.9 Å². The van der Waals surface area contributed by atoms with Crippen LogP contribution in [-0.2, 0) is 4.74 Å². The van der Waals surface area contributed by atoms with Gasteiger partial charge in [0.25, 0.3) is 5.91 Å². The van der Waals surface area contributed by atoms with Gasteiger partial charge < -0.3 is 15.4 Å². The molecular formula is C17H26BrN3O3. The van der Waals surface area contributed by atoms with Crippen LogP contribution in [0, 0.1) is 6.92 Å². The molecule has 0 aliphatic rings. The second-order valence-corrected chi connectivity index (χ2v) is 7.34. The average Bonchev–Trinajstić information content (AvgIpc) is 2.44. The Labute approximate surface area is 151 Å². The summed E-state index contributed by atoms with van der Waals surface area (Å²) in [7, 11) is 0. The molecule has 0 saturated heterocycles.